The third-order valence-electron chi connectivity index (χ3n) is 4.25. The molecule has 0 saturated carbocycles. The zero-order valence-electron chi connectivity index (χ0n) is 12.5. The molecule has 3 aromatic rings. The Morgan fingerprint density at radius 1 is 0.625 bits per heavy atom. The van der Waals surface area contributed by atoms with Crippen LogP contribution >= 0.6 is 12.6 Å². The highest BCUT2D eigenvalue weighted by Gasteiger charge is 2.34. The minimum Gasteiger partial charge on any atom is -0.507 e. The Morgan fingerprint density at radius 3 is 1.79 bits per heavy atom. The standard InChI is InChI=1S/C20H12O3S/c21-15-10-9-12(11-5-3-4-8-16(11)24)17-18(15)20(23)14-7-2-1-6-13(14)19(17)22/h1-10,21,24H. The maximum atomic E-state index is 13.0. The average Bonchev–Trinajstić information content (AvgIpc) is 2.60. The van der Waals surface area contributed by atoms with E-state index in [1.165, 1.54) is 6.07 Å². The van der Waals surface area contributed by atoms with Gasteiger partial charge in [0.25, 0.3) is 0 Å². The van der Waals surface area contributed by atoms with Crippen molar-refractivity contribution in [3.8, 4) is 16.9 Å². The van der Waals surface area contributed by atoms with E-state index in [-0.39, 0.29) is 28.4 Å². The number of phenols is 1. The van der Waals surface area contributed by atoms with Gasteiger partial charge in [-0.1, -0.05) is 42.5 Å². The number of thiol groups is 1. The molecule has 0 aliphatic heterocycles. The van der Waals surface area contributed by atoms with Crippen LogP contribution in [0, 0.1) is 0 Å². The number of hydrogen-bond acceptors (Lipinski definition) is 4. The second-order valence-electron chi connectivity index (χ2n) is 5.60. The lowest BCUT2D eigenvalue weighted by molar-refractivity contribution is 0.0977. The first-order chi connectivity index (χ1) is 11.6. The second-order valence-corrected chi connectivity index (χ2v) is 6.09. The lowest BCUT2D eigenvalue weighted by atomic mass is 9.80. The number of aromatic hydroxyl groups is 1. The molecule has 24 heavy (non-hydrogen) atoms. The third-order valence-corrected chi connectivity index (χ3v) is 4.64. The molecule has 0 radical (unpaired) electrons. The van der Waals surface area contributed by atoms with E-state index >= 15 is 0 Å². The molecule has 0 unspecified atom stereocenters. The van der Waals surface area contributed by atoms with Gasteiger partial charge in [0.2, 0.25) is 0 Å². The number of carbonyl (C=O) groups excluding carboxylic acids is 2. The molecule has 0 spiro atoms. The molecule has 0 heterocycles. The maximum absolute atomic E-state index is 13.0. The minimum absolute atomic E-state index is 0.0628. The number of rotatable bonds is 1. The van der Waals surface area contributed by atoms with Crippen molar-refractivity contribution in [2.75, 3.05) is 0 Å². The topological polar surface area (TPSA) is 54.4 Å². The fourth-order valence-corrected chi connectivity index (χ4v) is 3.41. The van der Waals surface area contributed by atoms with Crippen LogP contribution in [0.4, 0.5) is 0 Å². The molecular formula is C20H12O3S. The Labute approximate surface area is 144 Å². The molecule has 0 aromatic heterocycles. The van der Waals surface area contributed by atoms with Crippen molar-refractivity contribution in [1.82, 2.24) is 0 Å². The summed E-state index contributed by atoms with van der Waals surface area (Å²) in [5.41, 5.74) is 2.33. The van der Waals surface area contributed by atoms with Gasteiger partial charge < -0.3 is 5.11 Å². The molecule has 0 fully saturated rings. The van der Waals surface area contributed by atoms with Crippen molar-refractivity contribution in [3.05, 3.63) is 82.9 Å². The van der Waals surface area contributed by atoms with E-state index in [9.17, 15) is 14.7 Å². The SMILES string of the molecule is O=C1c2ccccc2C(=O)c2c(-c3ccccc3S)ccc(O)c21. The van der Waals surface area contributed by atoms with Crippen LogP contribution in [0.2, 0.25) is 0 Å². The minimum atomic E-state index is -0.337. The van der Waals surface area contributed by atoms with Crippen LogP contribution in [-0.2, 0) is 0 Å². The smallest absolute Gasteiger partial charge is 0.198 e. The molecule has 3 aromatic carbocycles. The van der Waals surface area contributed by atoms with Crippen molar-refractivity contribution < 1.29 is 14.7 Å². The molecule has 1 aliphatic rings. The zero-order chi connectivity index (χ0) is 16.8. The molecule has 0 amide bonds. The monoisotopic (exact) mass is 332 g/mol. The van der Waals surface area contributed by atoms with Crippen molar-refractivity contribution in [1.29, 1.82) is 0 Å². The Morgan fingerprint density at radius 2 is 1.17 bits per heavy atom. The van der Waals surface area contributed by atoms with Crippen LogP contribution in [0.15, 0.2) is 65.6 Å². The summed E-state index contributed by atoms with van der Waals surface area (Å²) in [6, 6.07) is 17.1. The number of carbonyl (C=O) groups is 2. The predicted octanol–water partition coefficient (Wildman–Crippen LogP) is 4.12. The molecule has 3 nitrogen and oxygen atoms in total. The quantitative estimate of drug-likeness (QED) is 0.516. The summed E-state index contributed by atoms with van der Waals surface area (Å²) in [6.07, 6.45) is 0. The van der Waals surface area contributed by atoms with Gasteiger partial charge in [0, 0.05) is 21.6 Å². The van der Waals surface area contributed by atoms with Gasteiger partial charge in [-0.05, 0) is 29.3 Å². The third kappa shape index (κ3) is 2.00. The Hall–Kier alpha value is -2.85. The van der Waals surface area contributed by atoms with Gasteiger partial charge in [0.15, 0.2) is 11.6 Å². The van der Waals surface area contributed by atoms with Gasteiger partial charge in [-0.2, -0.15) is 0 Å². The number of hydrogen-bond donors (Lipinski definition) is 2. The summed E-state index contributed by atoms with van der Waals surface area (Å²) in [5, 5.41) is 10.2. The van der Waals surface area contributed by atoms with Crippen LogP contribution < -0.4 is 0 Å². The van der Waals surface area contributed by atoms with E-state index in [0.717, 1.165) is 5.56 Å². The van der Waals surface area contributed by atoms with Crippen LogP contribution in [-0.4, -0.2) is 16.7 Å². The van der Waals surface area contributed by atoms with Gasteiger partial charge in [0.1, 0.15) is 5.75 Å². The van der Waals surface area contributed by atoms with Gasteiger partial charge in [-0.15, -0.1) is 12.6 Å². The van der Waals surface area contributed by atoms with E-state index < -0.39 is 0 Å². The number of fused-ring (bicyclic) bond motifs is 2. The van der Waals surface area contributed by atoms with Gasteiger partial charge in [0.05, 0.1) is 5.56 Å². The molecule has 4 heteroatoms. The fraction of sp³-hybridized carbons (Fsp3) is 0. The highest BCUT2D eigenvalue weighted by molar-refractivity contribution is 7.80. The second kappa shape index (κ2) is 5.35. The van der Waals surface area contributed by atoms with E-state index in [2.05, 4.69) is 12.6 Å². The summed E-state index contributed by atoms with van der Waals surface area (Å²) in [7, 11) is 0. The van der Waals surface area contributed by atoms with Gasteiger partial charge in [-0.25, -0.2) is 0 Å². The maximum Gasteiger partial charge on any atom is 0.198 e. The molecule has 0 atom stereocenters. The molecule has 116 valence electrons. The fourth-order valence-electron chi connectivity index (χ4n) is 3.13. The zero-order valence-corrected chi connectivity index (χ0v) is 13.4. The molecular weight excluding hydrogens is 320 g/mol. The van der Waals surface area contributed by atoms with Crippen LogP contribution in [0.1, 0.15) is 31.8 Å². The highest BCUT2D eigenvalue weighted by Crippen LogP contribution is 2.40. The summed E-state index contributed by atoms with van der Waals surface area (Å²) in [6.45, 7) is 0. The van der Waals surface area contributed by atoms with Gasteiger partial charge in [-0.3, -0.25) is 9.59 Å². The normalized spacial score (nSPS) is 12.7. The first kappa shape index (κ1) is 14.7. The van der Waals surface area contributed by atoms with Crippen LogP contribution in [0.3, 0.4) is 0 Å². The summed E-state index contributed by atoms with van der Waals surface area (Å²) < 4.78 is 0. The summed E-state index contributed by atoms with van der Waals surface area (Å²) in [4.78, 5) is 26.5. The summed E-state index contributed by atoms with van der Waals surface area (Å²) >= 11 is 4.45. The van der Waals surface area contributed by atoms with Crippen molar-refractivity contribution in [2.45, 2.75) is 4.90 Å². The summed E-state index contributed by atoms with van der Waals surface area (Å²) in [5.74, 6) is -0.780. The lowest BCUT2D eigenvalue weighted by Crippen LogP contribution is -2.22. The van der Waals surface area contributed by atoms with Crippen LogP contribution in [0.5, 0.6) is 5.75 Å². The van der Waals surface area contributed by atoms with Crippen LogP contribution in [0.25, 0.3) is 11.1 Å². The van der Waals surface area contributed by atoms with Crippen molar-refractivity contribution in [2.24, 2.45) is 0 Å². The number of benzene rings is 3. The van der Waals surface area contributed by atoms with E-state index in [4.69, 9.17) is 0 Å². The van der Waals surface area contributed by atoms with Crippen molar-refractivity contribution >= 4 is 24.2 Å². The van der Waals surface area contributed by atoms with E-state index in [1.54, 1.807) is 30.3 Å². The van der Waals surface area contributed by atoms with E-state index in [1.807, 2.05) is 24.3 Å². The largest absolute Gasteiger partial charge is 0.507 e. The first-order valence-electron chi connectivity index (χ1n) is 7.42. The molecule has 1 aliphatic carbocycles. The number of ketones is 2. The Bertz CT molecular complexity index is 1020. The van der Waals surface area contributed by atoms with E-state index in [0.29, 0.717) is 21.6 Å². The Balaban J connectivity index is 2.08. The molecule has 0 saturated heterocycles. The Kier molecular flexibility index (Phi) is 3.28. The predicted molar refractivity (Wildman–Crippen MR) is 94.1 cm³/mol. The highest BCUT2D eigenvalue weighted by atomic mass is 32.1. The average molecular weight is 332 g/mol. The molecule has 0 bridgehead atoms. The van der Waals surface area contributed by atoms with Crippen molar-refractivity contribution in [3.63, 3.8) is 0 Å². The lowest BCUT2D eigenvalue weighted by Gasteiger charge is -2.21. The number of phenolic OH excluding ortho intramolecular Hbond substituents is 1. The first-order valence-corrected chi connectivity index (χ1v) is 7.87. The van der Waals surface area contributed by atoms with Gasteiger partial charge >= 0.3 is 0 Å². The molecule has 1 N–H and O–H groups in total. The molecule has 4 rings (SSSR count).